The number of aryl methyl sites for hydroxylation is 2. The molecule has 1 fully saturated rings. The maximum Gasteiger partial charge on any atom is 0.265 e. The number of hydrogen-bond donors (Lipinski definition) is 2. The van der Waals surface area contributed by atoms with Crippen LogP contribution in [-0.4, -0.2) is 24.0 Å². The zero-order chi connectivity index (χ0) is 21.7. The van der Waals surface area contributed by atoms with Crippen molar-refractivity contribution in [1.82, 2.24) is 5.32 Å². The minimum atomic E-state index is -0.737. The Labute approximate surface area is 183 Å². The van der Waals surface area contributed by atoms with E-state index in [1.54, 1.807) is 31.2 Å². The second-order valence-corrected chi connectivity index (χ2v) is 8.35. The molecule has 0 unspecified atom stereocenters. The zero-order valence-electron chi connectivity index (χ0n) is 17.8. The van der Waals surface area contributed by atoms with Crippen molar-refractivity contribution in [2.24, 2.45) is 0 Å². The predicted molar refractivity (Wildman–Crippen MR) is 120 cm³/mol. The summed E-state index contributed by atoms with van der Waals surface area (Å²) in [5, 5.41) is 6.63. The first-order chi connectivity index (χ1) is 14.3. The molecular formula is C24H29ClN2O3. The van der Waals surface area contributed by atoms with Gasteiger partial charge in [0.1, 0.15) is 5.75 Å². The maximum absolute atomic E-state index is 12.8. The number of carbonyl (C=O) groups is 2. The van der Waals surface area contributed by atoms with E-state index in [4.69, 9.17) is 16.3 Å². The summed E-state index contributed by atoms with van der Waals surface area (Å²) < 4.78 is 5.82. The van der Waals surface area contributed by atoms with Gasteiger partial charge in [-0.15, -0.1) is 0 Å². The lowest BCUT2D eigenvalue weighted by Crippen LogP contribution is -2.37. The molecule has 0 spiro atoms. The fourth-order valence-electron chi connectivity index (χ4n) is 3.77. The molecule has 30 heavy (non-hydrogen) atoms. The highest BCUT2D eigenvalue weighted by atomic mass is 35.5. The number of benzene rings is 2. The molecule has 1 saturated carbocycles. The van der Waals surface area contributed by atoms with Crippen LogP contribution in [-0.2, 0) is 4.79 Å². The molecule has 1 atom stereocenters. The molecule has 0 aliphatic heterocycles. The molecule has 2 aromatic rings. The molecule has 5 nitrogen and oxygen atoms in total. The molecule has 2 amide bonds. The van der Waals surface area contributed by atoms with Crippen LogP contribution >= 0.6 is 11.6 Å². The van der Waals surface area contributed by atoms with Crippen LogP contribution < -0.4 is 15.4 Å². The van der Waals surface area contributed by atoms with Gasteiger partial charge >= 0.3 is 0 Å². The fourth-order valence-corrected chi connectivity index (χ4v) is 3.88. The van der Waals surface area contributed by atoms with Crippen LogP contribution in [0.2, 0.25) is 5.02 Å². The van der Waals surface area contributed by atoms with Crippen molar-refractivity contribution >= 4 is 29.1 Å². The van der Waals surface area contributed by atoms with Gasteiger partial charge in [0.15, 0.2) is 6.10 Å². The number of para-hydroxylation sites is 1. The largest absolute Gasteiger partial charge is 0.481 e. The SMILES string of the molecule is Cc1cc(O[C@H](C)C(=O)Nc2ccccc2C(=O)NC2CCCCC2)cc(C)c1Cl. The molecule has 0 bridgehead atoms. The third-order valence-electron chi connectivity index (χ3n) is 5.46. The molecule has 0 saturated heterocycles. The van der Waals surface area contributed by atoms with Crippen molar-refractivity contribution in [3.8, 4) is 5.75 Å². The number of hydrogen-bond acceptors (Lipinski definition) is 3. The van der Waals surface area contributed by atoms with Gasteiger partial charge in [-0.1, -0.05) is 43.0 Å². The van der Waals surface area contributed by atoms with Crippen molar-refractivity contribution in [3.63, 3.8) is 0 Å². The minimum Gasteiger partial charge on any atom is -0.481 e. The Bertz CT molecular complexity index is 899. The summed E-state index contributed by atoms with van der Waals surface area (Å²) in [6.07, 6.45) is 4.78. The summed E-state index contributed by atoms with van der Waals surface area (Å²) in [5.74, 6) is 0.105. The Morgan fingerprint density at radius 2 is 1.70 bits per heavy atom. The normalized spacial score (nSPS) is 15.3. The monoisotopic (exact) mass is 428 g/mol. The number of ether oxygens (including phenoxy) is 1. The third kappa shape index (κ3) is 5.54. The van der Waals surface area contributed by atoms with Crippen molar-refractivity contribution in [2.45, 2.75) is 65.0 Å². The van der Waals surface area contributed by atoms with E-state index in [9.17, 15) is 9.59 Å². The van der Waals surface area contributed by atoms with Crippen molar-refractivity contribution in [3.05, 3.63) is 58.1 Å². The molecule has 6 heteroatoms. The van der Waals surface area contributed by atoms with Crippen LogP contribution in [0, 0.1) is 13.8 Å². The van der Waals surface area contributed by atoms with Gasteiger partial charge in [-0.3, -0.25) is 9.59 Å². The standard InChI is InChI=1S/C24H29ClN2O3/c1-15-13-19(14-16(2)22(15)25)30-17(3)23(28)27-21-12-8-7-11-20(21)24(29)26-18-9-5-4-6-10-18/h7-8,11-14,17-18H,4-6,9-10H2,1-3H3,(H,26,29)(H,27,28)/t17-/m1/s1. The quantitative estimate of drug-likeness (QED) is 0.645. The lowest BCUT2D eigenvalue weighted by Gasteiger charge is -2.23. The molecule has 1 aliphatic carbocycles. The summed E-state index contributed by atoms with van der Waals surface area (Å²) in [6.45, 7) is 5.47. The van der Waals surface area contributed by atoms with E-state index in [1.165, 1.54) is 6.42 Å². The molecule has 3 rings (SSSR count). The number of anilines is 1. The molecule has 0 heterocycles. The van der Waals surface area contributed by atoms with Crippen LogP contribution in [0.15, 0.2) is 36.4 Å². The van der Waals surface area contributed by atoms with Crippen molar-refractivity contribution in [1.29, 1.82) is 0 Å². The summed E-state index contributed by atoms with van der Waals surface area (Å²) in [6, 6.07) is 10.9. The lowest BCUT2D eigenvalue weighted by molar-refractivity contribution is -0.122. The summed E-state index contributed by atoms with van der Waals surface area (Å²) in [7, 11) is 0. The molecule has 2 aromatic carbocycles. The number of halogens is 1. The fraction of sp³-hybridized carbons (Fsp3) is 0.417. The summed E-state index contributed by atoms with van der Waals surface area (Å²) in [4.78, 5) is 25.5. The number of rotatable bonds is 6. The van der Waals surface area contributed by atoms with Crippen LogP contribution in [0.5, 0.6) is 5.75 Å². The number of carbonyl (C=O) groups excluding carboxylic acids is 2. The Hall–Kier alpha value is -2.53. The highest BCUT2D eigenvalue weighted by Crippen LogP contribution is 2.27. The number of nitrogens with one attached hydrogen (secondary N) is 2. The minimum absolute atomic E-state index is 0.157. The summed E-state index contributed by atoms with van der Waals surface area (Å²) >= 11 is 6.20. The molecule has 160 valence electrons. The second kappa shape index (κ2) is 9.98. The zero-order valence-corrected chi connectivity index (χ0v) is 18.5. The van der Waals surface area contributed by atoms with Crippen LogP contribution in [0.4, 0.5) is 5.69 Å². The Kier molecular flexibility index (Phi) is 7.38. The molecule has 2 N–H and O–H groups in total. The third-order valence-corrected chi connectivity index (χ3v) is 6.06. The molecular weight excluding hydrogens is 400 g/mol. The second-order valence-electron chi connectivity index (χ2n) is 7.97. The van der Waals surface area contributed by atoms with Crippen LogP contribution in [0.25, 0.3) is 0 Å². The Morgan fingerprint density at radius 3 is 2.37 bits per heavy atom. The van der Waals surface area contributed by atoms with Gasteiger partial charge in [0.25, 0.3) is 11.8 Å². The smallest absolute Gasteiger partial charge is 0.265 e. The van der Waals surface area contributed by atoms with Crippen molar-refractivity contribution < 1.29 is 14.3 Å². The van der Waals surface area contributed by atoms with E-state index in [0.717, 1.165) is 36.8 Å². The maximum atomic E-state index is 12.8. The van der Waals surface area contributed by atoms with E-state index in [0.29, 0.717) is 22.0 Å². The molecule has 1 aliphatic rings. The van der Waals surface area contributed by atoms with Gasteiger partial charge in [-0.05, 0) is 69.0 Å². The average Bonchev–Trinajstić information content (AvgIpc) is 2.73. The van der Waals surface area contributed by atoms with Gasteiger partial charge in [-0.25, -0.2) is 0 Å². The number of amides is 2. The lowest BCUT2D eigenvalue weighted by atomic mass is 9.95. The topological polar surface area (TPSA) is 67.4 Å². The first-order valence-corrected chi connectivity index (χ1v) is 10.9. The first kappa shape index (κ1) is 22.2. The van der Waals surface area contributed by atoms with E-state index >= 15 is 0 Å². The first-order valence-electron chi connectivity index (χ1n) is 10.5. The van der Waals surface area contributed by atoms with Gasteiger partial charge in [-0.2, -0.15) is 0 Å². The van der Waals surface area contributed by atoms with Crippen LogP contribution in [0.1, 0.15) is 60.5 Å². The highest BCUT2D eigenvalue weighted by molar-refractivity contribution is 6.32. The Balaban J connectivity index is 1.66. The van der Waals surface area contributed by atoms with Crippen molar-refractivity contribution in [2.75, 3.05) is 5.32 Å². The van der Waals surface area contributed by atoms with E-state index in [1.807, 2.05) is 26.0 Å². The average molecular weight is 429 g/mol. The summed E-state index contributed by atoms with van der Waals surface area (Å²) in [5.41, 5.74) is 2.73. The van der Waals surface area contributed by atoms with Gasteiger partial charge in [0.05, 0.1) is 11.3 Å². The Morgan fingerprint density at radius 1 is 1.07 bits per heavy atom. The van der Waals surface area contributed by atoms with Crippen LogP contribution in [0.3, 0.4) is 0 Å². The van der Waals surface area contributed by atoms with E-state index < -0.39 is 6.10 Å². The van der Waals surface area contributed by atoms with Gasteiger partial charge < -0.3 is 15.4 Å². The van der Waals surface area contributed by atoms with E-state index in [-0.39, 0.29) is 17.9 Å². The van der Waals surface area contributed by atoms with E-state index in [2.05, 4.69) is 10.6 Å². The van der Waals surface area contributed by atoms with Gasteiger partial charge in [0, 0.05) is 11.1 Å². The molecule has 0 radical (unpaired) electrons. The molecule has 0 aromatic heterocycles. The predicted octanol–water partition coefficient (Wildman–Crippen LogP) is 5.43. The highest BCUT2D eigenvalue weighted by Gasteiger charge is 2.21. The van der Waals surface area contributed by atoms with Gasteiger partial charge in [0.2, 0.25) is 0 Å².